The summed E-state index contributed by atoms with van der Waals surface area (Å²) >= 11 is 1.20. The molecule has 1 unspecified atom stereocenters. The summed E-state index contributed by atoms with van der Waals surface area (Å²) in [6.45, 7) is 3.69. The molecule has 100 valence electrons. The third-order valence-corrected chi connectivity index (χ3v) is 3.25. The van der Waals surface area contributed by atoms with E-state index in [4.69, 9.17) is 10.5 Å². The molecule has 0 aliphatic carbocycles. The minimum atomic E-state index is -0.555. The maximum Gasteiger partial charge on any atom is 0.350 e. The van der Waals surface area contributed by atoms with Gasteiger partial charge in [-0.2, -0.15) is 0 Å². The predicted molar refractivity (Wildman–Crippen MR) is 71.5 cm³/mol. The number of rotatable bonds is 6. The van der Waals surface area contributed by atoms with Crippen LogP contribution in [0.15, 0.2) is 11.4 Å². The van der Waals surface area contributed by atoms with Crippen molar-refractivity contribution in [3.05, 3.63) is 16.3 Å². The molecule has 1 aromatic heterocycles. The van der Waals surface area contributed by atoms with Crippen LogP contribution in [-0.4, -0.2) is 24.5 Å². The van der Waals surface area contributed by atoms with Gasteiger partial charge < -0.3 is 15.8 Å². The van der Waals surface area contributed by atoms with Gasteiger partial charge in [-0.3, -0.25) is 4.79 Å². The molecule has 0 bridgehead atoms. The summed E-state index contributed by atoms with van der Waals surface area (Å²) in [5.41, 5.74) is 5.96. The molecule has 5 nitrogen and oxygen atoms in total. The van der Waals surface area contributed by atoms with Crippen LogP contribution in [0.4, 0.5) is 5.69 Å². The number of carbonyl (C=O) groups excluding carboxylic acids is 2. The second-order valence-electron chi connectivity index (χ2n) is 4.04. The highest BCUT2D eigenvalue weighted by atomic mass is 32.1. The lowest BCUT2D eigenvalue weighted by molar-refractivity contribution is -0.124. The molecule has 6 heteroatoms. The largest absolute Gasteiger partial charge is 0.451 e. The Morgan fingerprint density at radius 1 is 1.56 bits per heavy atom. The number of nitrogens with one attached hydrogen (secondary N) is 1. The lowest BCUT2D eigenvalue weighted by atomic mass is 10.2. The molecular formula is C12H18N2O3S. The number of nitrogen functional groups attached to an aromatic ring is 1. The first-order chi connectivity index (χ1) is 8.54. The van der Waals surface area contributed by atoms with E-state index in [-0.39, 0.29) is 18.6 Å². The Bertz CT molecular complexity index is 417. The fraction of sp³-hybridized carbons (Fsp3) is 0.500. The normalized spacial score (nSPS) is 11.9. The second kappa shape index (κ2) is 7.00. The number of anilines is 1. The first-order valence-corrected chi connectivity index (χ1v) is 6.72. The van der Waals surface area contributed by atoms with Crippen LogP contribution in [0.5, 0.6) is 0 Å². The third-order valence-electron chi connectivity index (χ3n) is 2.34. The van der Waals surface area contributed by atoms with Gasteiger partial charge in [-0.15, -0.1) is 11.3 Å². The lowest BCUT2D eigenvalue weighted by Crippen LogP contribution is -2.35. The van der Waals surface area contributed by atoms with Crippen LogP contribution in [0.25, 0.3) is 0 Å². The molecule has 1 aromatic rings. The summed E-state index contributed by atoms with van der Waals surface area (Å²) in [7, 11) is 0. The number of thiophene rings is 1. The summed E-state index contributed by atoms with van der Waals surface area (Å²) in [6, 6.07) is 1.72. The Kier molecular flexibility index (Phi) is 5.64. The Hall–Kier alpha value is -1.56. The highest BCUT2D eigenvalue weighted by Crippen LogP contribution is 2.19. The number of esters is 1. The second-order valence-corrected chi connectivity index (χ2v) is 4.95. The van der Waals surface area contributed by atoms with Crippen molar-refractivity contribution in [2.45, 2.75) is 32.7 Å². The number of amides is 1. The number of ether oxygens (including phenoxy) is 1. The predicted octanol–water partition coefficient (Wildman–Crippen LogP) is 1.79. The van der Waals surface area contributed by atoms with Gasteiger partial charge in [-0.25, -0.2) is 4.79 Å². The molecule has 0 aliphatic rings. The fourth-order valence-electron chi connectivity index (χ4n) is 1.50. The van der Waals surface area contributed by atoms with Crippen LogP contribution in [-0.2, 0) is 9.53 Å². The van der Waals surface area contributed by atoms with Crippen molar-refractivity contribution in [3.63, 3.8) is 0 Å². The smallest absolute Gasteiger partial charge is 0.350 e. The van der Waals surface area contributed by atoms with E-state index in [1.54, 1.807) is 11.4 Å². The Labute approximate surface area is 110 Å². The van der Waals surface area contributed by atoms with Crippen molar-refractivity contribution < 1.29 is 14.3 Å². The molecule has 0 radical (unpaired) electrons. The topological polar surface area (TPSA) is 81.4 Å². The van der Waals surface area contributed by atoms with Gasteiger partial charge in [0.05, 0.1) is 5.69 Å². The summed E-state index contributed by atoms with van der Waals surface area (Å²) in [5.74, 6) is -0.847. The molecule has 3 N–H and O–H groups in total. The van der Waals surface area contributed by atoms with Gasteiger partial charge in [0, 0.05) is 6.04 Å². The van der Waals surface area contributed by atoms with E-state index in [9.17, 15) is 9.59 Å². The number of carbonyl (C=O) groups is 2. The van der Waals surface area contributed by atoms with Gasteiger partial charge in [0.25, 0.3) is 5.91 Å². The highest BCUT2D eigenvalue weighted by Gasteiger charge is 2.15. The van der Waals surface area contributed by atoms with Crippen molar-refractivity contribution in [1.82, 2.24) is 5.32 Å². The van der Waals surface area contributed by atoms with Crippen LogP contribution in [0.1, 0.15) is 36.4 Å². The molecule has 1 rings (SSSR count). The van der Waals surface area contributed by atoms with Gasteiger partial charge in [-0.05, 0) is 24.8 Å². The van der Waals surface area contributed by atoms with Crippen LogP contribution >= 0.6 is 11.3 Å². The van der Waals surface area contributed by atoms with E-state index in [0.29, 0.717) is 10.6 Å². The van der Waals surface area contributed by atoms with E-state index < -0.39 is 5.97 Å². The van der Waals surface area contributed by atoms with E-state index in [0.717, 1.165) is 12.8 Å². The van der Waals surface area contributed by atoms with E-state index in [1.807, 2.05) is 13.8 Å². The van der Waals surface area contributed by atoms with Gasteiger partial charge in [0.1, 0.15) is 4.88 Å². The summed E-state index contributed by atoms with van der Waals surface area (Å²) in [6.07, 6.45) is 1.89. The highest BCUT2D eigenvalue weighted by molar-refractivity contribution is 7.12. The third kappa shape index (κ3) is 4.37. The zero-order valence-corrected chi connectivity index (χ0v) is 11.4. The maximum absolute atomic E-state index is 11.6. The Balaban J connectivity index is 2.35. The molecule has 0 spiro atoms. The Morgan fingerprint density at radius 3 is 2.83 bits per heavy atom. The van der Waals surface area contributed by atoms with Gasteiger partial charge in [-0.1, -0.05) is 13.3 Å². The Morgan fingerprint density at radius 2 is 2.28 bits per heavy atom. The minimum Gasteiger partial charge on any atom is -0.451 e. The number of nitrogens with two attached hydrogens (primary N) is 1. The molecule has 1 heterocycles. The first kappa shape index (κ1) is 14.5. The molecule has 1 amide bonds. The molecule has 0 aromatic carbocycles. The van der Waals surface area contributed by atoms with Gasteiger partial charge in [0.2, 0.25) is 0 Å². The first-order valence-electron chi connectivity index (χ1n) is 5.84. The number of hydrogen-bond donors (Lipinski definition) is 2. The molecule has 0 fully saturated rings. The van der Waals surface area contributed by atoms with E-state index >= 15 is 0 Å². The lowest BCUT2D eigenvalue weighted by Gasteiger charge is -2.12. The van der Waals surface area contributed by atoms with Crippen LogP contribution in [0.2, 0.25) is 0 Å². The van der Waals surface area contributed by atoms with Crippen molar-refractivity contribution >= 4 is 28.9 Å². The molecule has 0 aliphatic heterocycles. The van der Waals surface area contributed by atoms with Crippen LogP contribution in [0, 0.1) is 0 Å². The molecule has 0 saturated heterocycles. The van der Waals surface area contributed by atoms with Crippen molar-refractivity contribution in [2.24, 2.45) is 0 Å². The molecule has 0 saturated carbocycles. The van der Waals surface area contributed by atoms with E-state index in [2.05, 4.69) is 5.32 Å². The average molecular weight is 270 g/mol. The van der Waals surface area contributed by atoms with Crippen molar-refractivity contribution in [1.29, 1.82) is 0 Å². The van der Waals surface area contributed by atoms with Gasteiger partial charge in [0.15, 0.2) is 6.61 Å². The van der Waals surface area contributed by atoms with Crippen molar-refractivity contribution in [2.75, 3.05) is 12.3 Å². The zero-order valence-electron chi connectivity index (χ0n) is 10.6. The monoisotopic (exact) mass is 270 g/mol. The zero-order chi connectivity index (χ0) is 13.5. The van der Waals surface area contributed by atoms with Crippen LogP contribution in [0.3, 0.4) is 0 Å². The summed E-state index contributed by atoms with van der Waals surface area (Å²) in [5, 5.41) is 4.46. The van der Waals surface area contributed by atoms with E-state index in [1.165, 1.54) is 11.3 Å². The quantitative estimate of drug-likeness (QED) is 0.772. The molecular weight excluding hydrogens is 252 g/mol. The average Bonchev–Trinajstić information content (AvgIpc) is 2.72. The summed E-state index contributed by atoms with van der Waals surface area (Å²) in [4.78, 5) is 23.4. The minimum absolute atomic E-state index is 0.0907. The van der Waals surface area contributed by atoms with Crippen molar-refractivity contribution in [3.8, 4) is 0 Å². The fourth-order valence-corrected chi connectivity index (χ4v) is 2.21. The van der Waals surface area contributed by atoms with Crippen LogP contribution < -0.4 is 11.1 Å². The SMILES string of the molecule is CCCC(C)NC(=O)COC(=O)c1sccc1N. The molecule has 1 atom stereocenters. The van der Waals surface area contributed by atoms with Gasteiger partial charge >= 0.3 is 5.97 Å². The standard InChI is InChI=1S/C12H18N2O3S/c1-3-4-8(2)14-10(15)7-17-12(16)11-9(13)5-6-18-11/h5-6,8H,3-4,7,13H2,1-2H3,(H,14,15). The maximum atomic E-state index is 11.6. The number of hydrogen-bond acceptors (Lipinski definition) is 5. The summed E-state index contributed by atoms with van der Waals surface area (Å²) < 4.78 is 4.89. The molecule has 18 heavy (non-hydrogen) atoms.